The number of hydrogen-bond donors (Lipinski definition) is 1. The summed E-state index contributed by atoms with van der Waals surface area (Å²) in [5.74, 6) is 0.704. The Balaban J connectivity index is 1.78. The lowest BCUT2D eigenvalue weighted by Gasteiger charge is -2.40. The molecule has 1 unspecified atom stereocenters. The number of nitrogens with two attached hydrogens (primary N) is 1. The van der Waals surface area contributed by atoms with E-state index in [1.54, 1.807) is 7.11 Å². The van der Waals surface area contributed by atoms with Crippen molar-refractivity contribution in [3.63, 3.8) is 0 Å². The summed E-state index contributed by atoms with van der Waals surface area (Å²) in [6.45, 7) is 6.53. The number of methoxy groups -OCH3 is 1. The third-order valence-corrected chi connectivity index (χ3v) is 4.86. The van der Waals surface area contributed by atoms with Gasteiger partial charge in [-0.25, -0.2) is 0 Å². The van der Waals surface area contributed by atoms with Crippen LogP contribution in [0.5, 0.6) is 0 Å². The zero-order valence-corrected chi connectivity index (χ0v) is 12.9. The summed E-state index contributed by atoms with van der Waals surface area (Å²) >= 11 is 0. The fourth-order valence-electron chi connectivity index (χ4n) is 3.43. The SMILES string of the molecule is COCCN1CCN(C(=O)C[C@@H]2CCC[C@H]2N)CC1C. The largest absolute Gasteiger partial charge is 0.383 e. The molecule has 2 rings (SSSR count). The highest BCUT2D eigenvalue weighted by molar-refractivity contribution is 5.76. The highest BCUT2D eigenvalue weighted by atomic mass is 16.5. The van der Waals surface area contributed by atoms with E-state index in [2.05, 4.69) is 11.8 Å². The Morgan fingerprint density at radius 1 is 1.35 bits per heavy atom. The third kappa shape index (κ3) is 3.93. The summed E-state index contributed by atoms with van der Waals surface area (Å²) in [4.78, 5) is 16.8. The molecule has 5 heteroatoms. The molecule has 3 atom stereocenters. The third-order valence-electron chi connectivity index (χ3n) is 4.86. The fourth-order valence-corrected chi connectivity index (χ4v) is 3.43. The summed E-state index contributed by atoms with van der Waals surface area (Å²) in [7, 11) is 1.73. The molecule has 0 aromatic heterocycles. The number of hydrogen-bond acceptors (Lipinski definition) is 4. The molecule has 5 nitrogen and oxygen atoms in total. The molecular weight excluding hydrogens is 254 g/mol. The van der Waals surface area contributed by atoms with Crippen molar-refractivity contribution in [2.75, 3.05) is 39.9 Å². The number of piperazine rings is 1. The molecule has 2 fully saturated rings. The molecule has 0 bridgehead atoms. The van der Waals surface area contributed by atoms with Crippen molar-refractivity contribution in [1.82, 2.24) is 9.80 Å². The van der Waals surface area contributed by atoms with Gasteiger partial charge in [-0.05, 0) is 25.7 Å². The number of carbonyl (C=O) groups is 1. The Hall–Kier alpha value is -0.650. The standard InChI is InChI=1S/C15H29N3O2/c1-12-11-18(7-6-17(12)8-9-20-2)15(19)10-13-4-3-5-14(13)16/h12-14H,3-11,16H2,1-2H3/t12?,13-,14+/m0/s1. The van der Waals surface area contributed by atoms with Crippen LogP contribution in [0.25, 0.3) is 0 Å². The van der Waals surface area contributed by atoms with Crippen LogP contribution < -0.4 is 5.73 Å². The summed E-state index contributed by atoms with van der Waals surface area (Å²) in [5.41, 5.74) is 6.07. The fraction of sp³-hybridized carbons (Fsp3) is 0.933. The molecule has 0 aromatic carbocycles. The first-order valence-electron chi connectivity index (χ1n) is 7.88. The minimum atomic E-state index is 0.236. The van der Waals surface area contributed by atoms with E-state index in [-0.39, 0.29) is 6.04 Å². The first-order chi connectivity index (χ1) is 9.61. The molecule has 1 heterocycles. The van der Waals surface area contributed by atoms with E-state index >= 15 is 0 Å². The molecule has 1 saturated carbocycles. The van der Waals surface area contributed by atoms with Gasteiger partial charge in [-0.15, -0.1) is 0 Å². The highest BCUT2D eigenvalue weighted by Gasteiger charge is 2.31. The van der Waals surface area contributed by atoms with E-state index in [0.29, 0.717) is 24.3 Å². The van der Waals surface area contributed by atoms with Crippen molar-refractivity contribution in [2.24, 2.45) is 11.7 Å². The summed E-state index contributed by atoms with van der Waals surface area (Å²) < 4.78 is 5.13. The number of amides is 1. The van der Waals surface area contributed by atoms with Crippen LogP contribution in [0.4, 0.5) is 0 Å². The Labute approximate surface area is 122 Å². The number of nitrogens with zero attached hydrogens (tertiary/aromatic N) is 2. The van der Waals surface area contributed by atoms with Gasteiger partial charge >= 0.3 is 0 Å². The molecule has 1 saturated heterocycles. The lowest BCUT2D eigenvalue weighted by Crippen LogP contribution is -2.54. The zero-order chi connectivity index (χ0) is 14.5. The topological polar surface area (TPSA) is 58.8 Å². The van der Waals surface area contributed by atoms with E-state index in [0.717, 1.165) is 45.6 Å². The number of ether oxygens (including phenoxy) is 1. The Morgan fingerprint density at radius 2 is 2.15 bits per heavy atom. The summed E-state index contributed by atoms with van der Waals surface area (Å²) in [5, 5.41) is 0. The molecule has 0 aromatic rings. The van der Waals surface area contributed by atoms with Crippen LogP contribution in [0.1, 0.15) is 32.6 Å². The van der Waals surface area contributed by atoms with Gasteiger partial charge in [0, 0.05) is 51.8 Å². The van der Waals surface area contributed by atoms with Crippen LogP contribution in [-0.4, -0.2) is 67.7 Å². The molecule has 1 aliphatic heterocycles. The van der Waals surface area contributed by atoms with Gasteiger partial charge in [0.1, 0.15) is 0 Å². The average molecular weight is 283 g/mol. The van der Waals surface area contributed by atoms with Crippen molar-refractivity contribution >= 4 is 5.91 Å². The van der Waals surface area contributed by atoms with Gasteiger partial charge in [0.2, 0.25) is 5.91 Å². The maximum Gasteiger partial charge on any atom is 0.223 e. The predicted molar refractivity (Wildman–Crippen MR) is 79.4 cm³/mol. The minimum Gasteiger partial charge on any atom is -0.383 e. The monoisotopic (exact) mass is 283 g/mol. The van der Waals surface area contributed by atoms with E-state index in [4.69, 9.17) is 10.5 Å². The van der Waals surface area contributed by atoms with Crippen LogP contribution in [0, 0.1) is 5.92 Å². The van der Waals surface area contributed by atoms with Crippen molar-refractivity contribution in [3.05, 3.63) is 0 Å². The van der Waals surface area contributed by atoms with Crippen molar-refractivity contribution in [1.29, 1.82) is 0 Å². The van der Waals surface area contributed by atoms with Gasteiger partial charge in [0.15, 0.2) is 0 Å². The maximum atomic E-state index is 12.4. The van der Waals surface area contributed by atoms with Crippen LogP contribution in [0.15, 0.2) is 0 Å². The Morgan fingerprint density at radius 3 is 2.75 bits per heavy atom. The molecular formula is C15H29N3O2. The first kappa shape index (κ1) is 15.7. The molecule has 0 spiro atoms. The Kier molecular flexibility index (Phi) is 5.81. The molecule has 1 amide bonds. The minimum absolute atomic E-state index is 0.236. The number of rotatable bonds is 5. The second-order valence-electron chi connectivity index (χ2n) is 6.28. The number of carbonyl (C=O) groups excluding carboxylic acids is 1. The van der Waals surface area contributed by atoms with E-state index < -0.39 is 0 Å². The molecule has 2 N–H and O–H groups in total. The van der Waals surface area contributed by atoms with Crippen LogP contribution >= 0.6 is 0 Å². The van der Waals surface area contributed by atoms with Crippen molar-refractivity contribution in [3.8, 4) is 0 Å². The zero-order valence-electron chi connectivity index (χ0n) is 12.9. The molecule has 0 radical (unpaired) electrons. The highest BCUT2D eigenvalue weighted by Crippen LogP contribution is 2.27. The quantitative estimate of drug-likeness (QED) is 0.806. The van der Waals surface area contributed by atoms with E-state index in [1.807, 2.05) is 4.90 Å². The van der Waals surface area contributed by atoms with Gasteiger partial charge in [0.25, 0.3) is 0 Å². The van der Waals surface area contributed by atoms with Crippen LogP contribution in [-0.2, 0) is 9.53 Å². The van der Waals surface area contributed by atoms with E-state index in [9.17, 15) is 4.79 Å². The van der Waals surface area contributed by atoms with Crippen molar-refractivity contribution < 1.29 is 9.53 Å². The van der Waals surface area contributed by atoms with Gasteiger partial charge in [0.05, 0.1) is 6.61 Å². The molecule has 2 aliphatic rings. The smallest absolute Gasteiger partial charge is 0.223 e. The lowest BCUT2D eigenvalue weighted by molar-refractivity contribution is -0.135. The van der Waals surface area contributed by atoms with Gasteiger partial charge in [-0.1, -0.05) is 6.42 Å². The normalized spacial score (nSPS) is 31.8. The molecule has 20 heavy (non-hydrogen) atoms. The second-order valence-corrected chi connectivity index (χ2v) is 6.28. The second kappa shape index (κ2) is 7.38. The maximum absolute atomic E-state index is 12.4. The Bertz CT molecular complexity index is 324. The van der Waals surface area contributed by atoms with Crippen LogP contribution in [0.2, 0.25) is 0 Å². The average Bonchev–Trinajstić information content (AvgIpc) is 2.83. The van der Waals surface area contributed by atoms with Gasteiger partial charge in [-0.3, -0.25) is 9.69 Å². The van der Waals surface area contributed by atoms with Gasteiger partial charge < -0.3 is 15.4 Å². The van der Waals surface area contributed by atoms with Crippen molar-refractivity contribution in [2.45, 2.75) is 44.7 Å². The predicted octanol–water partition coefficient (Wildman–Crippen LogP) is 0.683. The molecule has 1 aliphatic carbocycles. The van der Waals surface area contributed by atoms with E-state index in [1.165, 1.54) is 6.42 Å². The van der Waals surface area contributed by atoms with Gasteiger partial charge in [-0.2, -0.15) is 0 Å². The summed E-state index contributed by atoms with van der Waals surface area (Å²) in [6, 6.07) is 0.652. The lowest BCUT2D eigenvalue weighted by atomic mass is 9.99. The molecule has 116 valence electrons. The van der Waals surface area contributed by atoms with Crippen LogP contribution in [0.3, 0.4) is 0 Å². The summed E-state index contributed by atoms with van der Waals surface area (Å²) in [6.07, 6.45) is 4.03. The first-order valence-corrected chi connectivity index (χ1v) is 7.88.